The molecule has 46 heavy (non-hydrogen) atoms. The molecule has 1 nitrogen and oxygen atoms in total. The van der Waals surface area contributed by atoms with Gasteiger partial charge in [-0.3, -0.25) is 0 Å². The van der Waals surface area contributed by atoms with Crippen LogP contribution in [0, 0.1) is 46.8 Å². The maximum absolute atomic E-state index is 14.9. The molecule has 0 unspecified atom stereocenters. The minimum atomic E-state index is -4.20. The average molecular weight is 647 g/mol. The highest BCUT2D eigenvalue weighted by Crippen LogP contribution is 2.45. The van der Waals surface area contributed by atoms with Crippen LogP contribution in [0.15, 0.2) is 54.6 Å². The van der Waals surface area contributed by atoms with E-state index in [9.17, 15) is 30.7 Å². The Morgan fingerprint density at radius 1 is 0.696 bits per heavy atom. The van der Waals surface area contributed by atoms with Crippen molar-refractivity contribution in [3.05, 3.63) is 94.8 Å². The second-order valence-electron chi connectivity index (χ2n) is 13.1. The third kappa shape index (κ3) is 8.54. The molecule has 2 fully saturated rings. The first kappa shape index (κ1) is 34.1. The highest BCUT2D eigenvalue weighted by atomic mass is 19.3. The van der Waals surface area contributed by atoms with E-state index in [4.69, 9.17) is 0 Å². The fourth-order valence-electron chi connectivity index (χ4n) is 7.38. The summed E-state index contributed by atoms with van der Waals surface area (Å²) < 4.78 is 102. The fraction of sp³-hybridized carbons (Fsp3) is 0.474. The number of alkyl halides is 2. The number of rotatable bonds is 11. The van der Waals surface area contributed by atoms with Crippen LogP contribution in [0.25, 0.3) is 17.2 Å². The van der Waals surface area contributed by atoms with E-state index in [2.05, 4.69) is 11.7 Å². The van der Waals surface area contributed by atoms with Crippen molar-refractivity contribution in [2.24, 2.45) is 17.8 Å². The molecule has 3 aromatic carbocycles. The van der Waals surface area contributed by atoms with E-state index in [0.29, 0.717) is 17.6 Å². The summed E-state index contributed by atoms with van der Waals surface area (Å²) in [5, 5.41) is 0. The number of hydrogen-bond donors (Lipinski definition) is 0. The third-order valence-electron chi connectivity index (χ3n) is 10.00. The van der Waals surface area contributed by atoms with Gasteiger partial charge in [-0.2, -0.15) is 8.78 Å². The van der Waals surface area contributed by atoms with Crippen LogP contribution in [-0.4, -0.2) is 6.11 Å². The number of unbranched alkanes of at least 4 members (excludes halogenated alkanes) is 2. The Balaban J connectivity index is 1.16. The Labute approximate surface area is 266 Å². The predicted octanol–water partition coefficient (Wildman–Crippen LogP) is 12.4. The van der Waals surface area contributed by atoms with Crippen molar-refractivity contribution in [1.82, 2.24) is 0 Å². The van der Waals surface area contributed by atoms with Gasteiger partial charge in [0.05, 0.1) is 0 Å². The molecule has 2 saturated carbocycles. The molecular weight excluding hydrogens is 605 g/mol. The second-order valence-corrected chi connectivity index (χ2v) is 13.1. The summed E-state index contributed by atoms with van der Waals surface area (Å²) >= 11 is 0. The average Bonchev–Trinajstić information content (AvgIpc) is 3.03. The zero-order chi connectivity index (χ0) is 32.8. The van der Waals surface area contributed by atoms with E-state index in [1.54, 1.807) is 0 Å². The lowest BCUT2D eigenvalue weighted by Gasteiger charge is -2.38. The minimum absolute atomic E-state index is 0.0521. The minimum Gasteiger partial charge on any atom is -0.429 e. The largest absolute Gasteiger partial charge is 0.429 e. The predicted molar refractivity (Wildman–Crippen MR) is 167 cm³/mol. The van der Waals surface area contributed by atoms with Gasteiger partial charge in [-0.1, -0.05) is 69.7 Å². The van der Waals surface area contributed by atoms with Crippen molar-refractivity contribution >= 4 is 6.08 Å². The molecular formula is C38H41F7O. The lowest BCUT2D eigenvalue weighted by atomic mass is 9.68. The first-order chi connectivity index (χ1) is 22.0. The second kappa shape index (κ2) is 15.1. The number of benzene rings is 3. The SMILES string of the molecule is CCCCCC1CCC(C2CCC(c3ccc(-c4cc(F)c(C=CC(F)(F)Oc5cc(F)c(F)c(F)c5)c(F)c4)cc3)CC2)CC1. The summed E-state index contributed by atoms with van der Waals surface area (Å²) in [6.45, 7) is 2.26. The summed E-state index contributed by atoms with van der Waals surface area (Å²) in [4.78, 5) is 0. The van der Waals surface area contributed by atoms with Crippen LogP contribution in [0.1, 0.15) is 101 Å². The van der Waals surface area contributed by atoms with Gasteiger partial charge in [-0.05, 0) is 97.1 Å². The molecule has 0 amide bonds. The molecule has 2 aliphatic carbocycles. The number of ether oxygens (including phenoxy) is 1. The summed E-state index contributed by atoms with van der Waals surface area (Å²) in [6, 6.07) is 10.3. The summed E-state index contributed by atoms with van der Waals surface area (Å²) in [5.74, 6) is -5.36. The van der Waals surface area contributed by atoms with Gasteiger partial charge in [-0.15, -0.1) is 0 Å². The van der Waals surface area contributed by atoms with Crippen LogP contribution < -0.4 is 4.74 Å². The molecule has 0 heterocycles. The maximum Gasteiger partial charge on any atom is 0.419 e. The van der Waals surface area contributed by atoms with Gasteiger partial charge >= 0.3 is 6.11 Å². The Morgan fingerprint density at radius 2 is 1.26 bits per heavy atom. The van der Waals surface area contributed by atoms with Gasteiger partial charge in [0.2, 0.25) is 0 Å². The van der Waals surface area contributed by atoms with Crippen molar-refractivity contribution in [3.63, 3.8) is 0 Å². The van der Waals surface area contributed by atoms with Crippen LogP contribution in [0.2, 0.25) is 0 Å². The Hall–Kier alpha value is -3.29. The Kier molecular flexibility index (Phi) is 11.2. The molecule has 0 aromatic heterocycles. The third-order valence-corrected chi connectivity index (χ3v) is 10.00. The fourth-order valence-corrected chi connectivity index (χ4v) is 7.38. The monoisotopic (exact) mass is 646 g/mol. The normalized spacial score (nSPS) is 22.3. The highest BCUT2D eigenvalue weighted by molar-refractivity contribution is 5.67. The lowest BCUT2D eigenvalue weighted by Crippen LogP contribution is -2.25. The van der Waals surface area contributed by atoms with E-state index >= 15 is 0 Å². The van der Waals surface area contributed by atoms with E-state index in [1.807, 2.05) is 24.3 Å². The molecule has 0 spiro atoms. The van der Waals surface area contributed by atoms with E-state index in [1.165, 1.54) is 69.8 Å². The van der Waals surface area contributed by atoms with Gasteiger partial charge < -0.3 is 4.74 Å². The standard InChI is InChI=1S/C38H41F7O/c1-2-3-4-5-24-6-8-25(9-7-24)26-10-12-27(13-11-26)28-14-16-29(17-15-28)30-20-33(39)32(34(40)21-30)18-19-38(44,45)46-31-22-35(41)37(43)36(42)23-31/h14-27H,2-13H2,1H3. The summed E-state index contributed by atoms with van der Waals surface area (Å²) in [7, 11) is 0. The molecule has 0 bridgehead atoms. The molecule has 0 aliphatic heterocycles. The van der Waals surface area contributed by atoms with Crippen LogP contribution in [-0.2, 0) is 0 Å². The van der Waals surface area contributed by atoms with Gasteiger partial charge in [-0.25, -0.2) is 22.0 Å². The van der Waals surface area contributed by atoms with Crippen molar-refractivity contribution in [1.29, 1.82) is 0 Å². The van der Waals surface area contributed by atoms with Gasteiger partial charge in [0, 0.05) is 23.8 Å². The maximum atomic E-state index is 14.9. The van der Waals surface area contributed by atoms with Crippen molar-refractivity contribution in [3.8, 4) is 16.9 Å². The topological polar surface area (TPSA) is 9.23 Å². The van der Waals surface area contributed by atoms with Crippen molar-refractivity contribution < 1.29 is 35.5 Å². The molecule has 248 valence electrons. The molecule has 0 saturated heterocycles. The molecule has 8 heteroatoms. The zero-order valence-corrected chi connectivity index (χ0v) is 26.1. The Bertz CT molecular complexity index is 1440. The van der Waals surface area contributed by atoms with Crippen LogP contribution >= 0.6 is 0 Å². The van der Waals surface area contributed by atoms with Crippen LogP contribution in [0.4, 0.5) is 30.7 Å². The smallest absolute Gasteiger partial charge is 0.419 e. The zero-order valence-electron chi connectivity index (χ0n) is 26.1. The van der Waals surface area contributed by atoms with E-state index < -0.39 is 46.5 Å². The summed E-state index contributed by atoms with van der Waals surface area (Å²) in [5.41, 5.74) is 1.33. The Morgan fingerprint density at radius 3 is 1.83 bits per heavy atom. The molecule has 0 N–H and O–H groups in total. The quantitative estimate of drug-likeness (QED) is 0.114. The molecule has 0 atom stereocenters. The number of hydrogen-bond acceptors (Lipinski definition) is 1. The lowest BCUT2D eigenvalue weighted by molar-refractivity contribution is -0.131. The van der Waals surface area contributed by atoms with E-state index in [-0.39, 0.29) is 23.8 Å². The first-order valence-corrected chi connectivity index (χ1v) is 16.5. The number of halogens is 7. The summed E-state index contributed by atoms with van der Waals surface area (Å²) in [6.07, 6.45) is 12.0. The molecule has 0 radical (unpaired) electrons. The molecule has 5 rings (SSSR count). The molecule has 3 aromatic rings. The van der Waals surface area contributed by atoms with Gasteiger partial charge in [0.1, 0.15) is 17.4 Å². The molecule has 2 aliphatic rings. The van der Waals surface area contributed by atoms with Gasteiger partial charge in [0.15, 0.2) is 17.5 Å². The van der Waals surface area contributed by atoms with E-state index in [0.717, 1.165) is 42.7 Å². The van der Waals surface area contributed by atoms with Crippen molar-refractivity contribution in [2.45, 2.75) is 96.0 Å². The van der Waals surface area contributed by atoms with Crippen molar-refractivity contribution in [2.75, 3.05) is 0 Å². The first-order valence-electron chi connectivity index (χ1n) is 16.5. The van der Waals surface area contributed by atoms with Crippen LogP contribution in [0.5, 0.6) is 5.75 Å². The van der Waals surface area contributed by atoms with Crippen LogP contribution in [0.3, 0.4) is 0 Å². The van der Waals surface area contributed by atoms with Gasteiger partial charge in [0.25, 0.3) is 0 Å². The highest BCUT2D eigenvalue weighted by Gasteiger charge is 2.32.